The number of ether oxygens (including phenoxy) is 1. The minimum Gasteiger partial charge on any atom is -0.493 e. The van der Waals surface area contributed by atoms with Crippen molar-refractivity contribution in [2.24, 2.45) is 0 Å². The van der Waals surface area contributed by atoms with Gasteiger partial charge in [-0.15, -0.1) is 0 Å². The summed E-state index contributed by atoms with van der Waals surface area (Å²) in [6.45, 7) is 6.88. The van der Waals surface area contributed by atoms with Gasteiger partial charge in [0.2, 0.25) is 0 Å². The molecule has 2 heteroatoms. The van der Waals surface area contributed by atoms with E-state index in [4.69, 9.17) is 4.74 Å². The summed E-state index contributed by atoms with van der Waals surface area (Å²) >= 11 is 0. The molecular formula is C20H23NO. The Bertz CT molecular complexity index is 670. The minimum absolute atomic E-state index is 0.0524. The van der Waals surface area contributed by atoms with Crippen molar-refractivity contribution in [2.45, 2.75) is 39.5 Å². The van der Waals surface area contributed by atoms with Crippen LogP contribution in [0.1, 0.15) is 41.0 Å². The summed E-state index contributed by atoms with van der Waals surface area (Å²) in [5.74, 6) is 0.896. The largest absolute Gasteiger partial charge is 0.493 e. The van der Waals surface area contributed by atoms with Gasteiger partial charge in [0.05, 0.1) is 18.6 Å². The molecule has 2 aromatic rings. The molecule has 0 spiro atoms. The van der Waals surface area contributed by atoms with Gasteiger partial charge in [0, 0.05) is 0 Å². The number of nitrogens with zero attached hydrogens (tertiary/aromatic N) is 1. The standard InChI is InChI=1S/C20H23NO/c1-15-9-6-12-20(17(15)3)22-13-7-10-18(14-21)19-11-5-4-8-16(19)2/h4-6,8-9,11-12,18H,7,10,13H2,1-3H3. The van der Waals surface area contributed by atoms with E-state index in [1.807, 2.05) is 24.3 Å². The summed E-state index contributed by atoms with van der Waals surface area (Å²) < 4.78 is 5.87. The van der Waals surface area contributed by atoms with Crippen LogP contribution < -0.4 is 4.74 Å². The summed E-state index contributed by atoms with van der Waals surface area (Å²) in [7, 11) is 0. The lowest BCUT2D eigenvalue weighted by molar-refractivity contribution is 0.302. The molecule has 22 heavy (non-hydrogen) atoms. The molecule has 0 bridgehead atoms. The molecule has 1 atom stereocenters. The Kier molecular flexibility index (Phi) is 5.61. The van der Waals surface area contributed by atoms with Crippen molar-refractivity contribution in [1.29, 1.82) is 5.26 Å². The van der Waals surface area contributed by atoms with Crippen LogP contribution in [0.15, 0.2) is 42.5 Å². The highest BCUT2D eigenvalue weighted by Crippen LogP contribution is 2.25. The van der Waals surface area contributed by atoms with Crippen LogP contribution in [0.5, 0.6) is 5.75 Å². The van der Waals surface area contributed by atoms with Gasteiger partial charge in [0.15, 0.2) is 0 Å². The van der Waals surface area contributed by atoms with E-state index >= 15 is 0 Å². The SMILES string of the molecule is Cc1ccccc1C(C#N)CCCOc1cccc(C)c1C. The first-order chi connectivity index (χ1) is 10.6. The first-order valence-electron chi connectivity index (χ1n) is 7.77. The summed E-state index contributed by atoms with van der Waals surface area (Å²) in [6, 6.07) is 16.7. The quantitative estimate of drug-likeness (QED) is 0.696. The summed E-state index contributed by atoms with van der Waals surface area (Å²) in [5, 5.41) is 9.41. The van der Waals surface area contributed by atoms with E-state index in [0.717, 1.165) is 24.2 Å². The Balaban J connectivity index is 1.89. The number of hydrogen-bond donors (Lipinski definition) is 0. The molecule has 0 saturated heterocycles. The Morgan fingerprint density at radius 2 is 1.73 bits per heavy atom. The highest BCUT2D eigenvalue weighted by atomic mass is 16.5. The average Bonchev–Trinajstić information content (AvgIpc) is 2.52. The molecule has 0 N–H and O–H groups in total. The third kappa shape index (κ3) is 3.89. The number of rotatable bonds is 6. The molecule has 0 aromatic heterocycles. The van der Waals surface area contributed by atoms with Crippen LogP contribution in [0.25, 0.3) is 0 Å². The Morgan fingerprint density at radius 1 is 1.00 bits per heavy atom. The highest BCUT2D eigenvalue weighted by molar-refractivity contribution is 5.38. The lowest BCUT2D eigenvalue weighted by Crippen LogP contribution is -2.04. The van der Waals surface area contributed by atoms with Gasteiger partial charge in [0.1, 0.15) is 5.75 Å². The van der Waals surface area contributed by atoms with E-state index < -0.39 is 0 Å². The second kappa shape index (κ2) is 7.66. The lowest BCUT2D eigenvalue weighted by Gasteiger charge is -2.14. The normalized spacial score (nSPS) is 11.7. The van der Waals surface area contributed by atoms with E-state index in [-0.39, 0.29) is 5.92 Å². The van der Waals surface area contributed by atoms with E-state index in [0.29, 0.717) is 6.61 Å². The van der Waals surface area contributed by atoms with Gasteiger partial charge in [-0.3, -0.25) is 0 Å². The van der Waals surface area contributed by atoms with Crippen molar-refractivity contribution in [3.63, 3.8) is 0 Å². The van der Waals surface area contributed by atoms with Crippen molar-refractivity contribution >= 4 is 0 Å². The van der Waals surface area contributed by atoms with Crippen LogP contribution in [0.3, 0.4) is 0 Å². The molecule has 0 aliphatic heterocycles. The molecule has 2 nitrogen and oxygen atoms in total. The second-order valence-electron chi connectivity index (χ2n) is 5.73. The van der Waals surface area contributed by atoms with Gasteiger partial charge in [-0.2, -0.15) is 5.26 Å². The fourth-order valence-corrected chi connectivity index (χ4v) is 2.62. The van der Waals surface area contributed by atoms with Crippen molar-refractivity contribution in [2.75, 3.05) is 6.61 Å². The molecule has 0 aliphatic rings. The molecule has 0 heterocycles. The number of nitriles is 1. The Labute approximate surface area is 133 Å². The van der Waals surface area contributed by atoms with E-state index in [2.05, 4.69) is 45.0 Å². The van der Waals surface area contributed by atoms with E-state index in [1.54, 1.807) is 0 Å². The van der Waals surface area contributed by atoms with Gasteiger partial charge >= 0.3 is 0 Å². The number of aryl methyl sites for hydroxylation is 2. The smallest absolute Gasteiger partial charge is 0.122 e. The van der Waals surface area contributed by atoms with Crippen molar-refractivity contribution in [3.8, 4) is 11.8 Å². The summed E-state index contributed by atoms with van der Waals surface area (Å²) in [6.07, 6.45) is 1.70. The maximum Gasteiger partial charge on any atom is 0.122 e. The maximum atomic E-state index is 9.41. The molecule has 0 amide bonds. The monoisotopic (exact) mass is 293 g/mol. The third-order valence-corrected chi connectivity index (χ3v) is 4.17. The van der Waals surface area contributed by atoms with Gasteiger partial charge in [-0.1, -0.05) is 36.4 Å². The third-order valence-electron chi connectivity index (χ3n) is 4.17. The van der Waals surface area contributed by atoms with Gasteiger partial charge < -0.3 is 4.74 Å². The fourth-order valence-electron chi connectivity index (χ4n) is 2.62. The van der Waals surface area contributed by atoms with Crippen molar-refractivity contribution in [1.82, 2.24) is 0 Å². The van der Waals surface area contributed by atoms with Crippen LogP contribution in [0.4, 0.5) is 0 Å². The zero-order valence-corrected chi connectivity index (χ0v) is 13.6. The lowest BCUT2D eigenvalue weighted by atomic mass is 9.92. The topological polar surface area (TPSA) is 33.0 Å². The molecule has 0 aliphatic carbocycles. The first kappa shape index (κ1) is 16.1. The van der Waals surface area contributed by atoms with E-state index in [1.165, 1.54) is 16.7 Å². The Hall–Kier alpha value is -2.27. The first-order valence-corrected chi connectivity index (χ1v) is 7.77. The molecular weight excluding hydrogens is 270 g/mol. The van der Waals surface area contributed by atoms with Gasteiger partial charge in [-0.05, 0) is 61.9 Å². The van der Waals surface area contributed by atoms with Crippen LogP contribution >= 0.6 is 0 Å². The molecule has 0 radical (unpaired) electrons. The molecule has 2 aromatic carbocycles. The molecule has 0 fully saturated rings. The van der Waals surface area contributed by atoms with Crippen molar-refractivity contribution < 1.29 is 4.74 Å². The van der Waals surface area contributed by atoms with E-state index in [9.17, 15) is 5.26 Å². The van der Waals surface area contributed by atoms with Crippen LogP contribution in [-0.2, 0) is 0 Å². The van der Waals surface area contributed by atoms with Gasteiger partial charge in [-0.25, -0.2) is 0 Å². The summed E-state index contributed by atoms with van der Waals surface area (Å²) in [4.78, 5) is 0. The van der Waals surface area contributed by atoms with Crippen LogP contribution in [0, 0.1) is 32.1 Å². The molecule has 114 valence electrons. The zero-order valence-electron chi connectivity index (χ0n) is 13.6. The predicted octanol–water partition coefficient (Wildman–Crippen LogP) is 5.08. The summed E-state index contributed by atoms with van der Waals surface area (Å²) in [5.41, 5.74) is 4.76. The minimum atomic E-state index is -0.0524. The number of benzene rings is 2. The van der Waals surface area contributed by atoms with Crippen molar-refractivity contribution in [3.05, 3.63) is 64.7 Å². The maximum absolute atomic E-state index is 9.41. The molecule has 0 saturated carbocycles. The fraction of sp³-hybridized carbons (Fsp3) is 0.350. The van der Waals surface area contributed by atoms with Gasteiger partial charge in [0.25, 0.3) is 0 Å². The average molecular weight is 293 g/mol. The van der Waals surface area contributed by atoms with Crippen LogP contribution in [0.2, 0.25) is 0 Å². The Morgan fingerprint density at radius 3 is 2.45 bits per heavy atom. The molecule has 2 rings (SSSR count). The number of hydrogen-bond acceptors (Lipinski definition) is 2. The highest BCUT2D eigenvalue weighted by Gasteiger charge is 2.12. The van der Waals surface area contributed by atoms with Crippen LogP contribution in [-0.4, -0.2) is 6.61 Å². The predicted molar refractivity (Wildman–Crippen MR) is 90.2 cm³/mol. The zero-order chi connectivity index (χ0) is 15.9. The molecule has 1 unspecified atom stereocenters. The second-order valence-corrected chi connectivity index (χ2v) is 5.73.